The maximum atomic E-state index is 6.26. The molecule has 0 amide bonds. The summed E-state index contributed by atoms with van der Waals surface area (Å²) in [6.45, 7) is 5.21. The lowest BCUT2D eigenvalue weighted by molar-refractivity contribution is 0.193. The van der Waals surface area contributed by atoms with E-state index in [1.165, 1.54) is 0 Å². The van der Waals surface area contributed by atoms with E-state index in [0.29, 0.717) is 11.1 Å². The Labute approximate surface area is 121 Å². The lowest BCUT2D eigenvalue weighted by Gasteiger charge is -2.30. The molecule has 0 bridgehead atoms. The van der Waals surface area contributed by atoms with Crippen molar-refractivity contribution in [3.05, 3.63) is 29.3 Å². The zero-order valence-electron chi connectivity index (χ0n) is 10.9. The van der Waals surface area contributed by atoms with Gasteiger partial charge < -0.3 is 0 Å². The number of halogens is 1. The SMILES string of the molecule is CC(C)N1CSc2nnc(-c3ccccc3Cl)n2C1. The normalized spacial score (nSPS) is 15.8. The monoisotopic (exact) mass is 294 g/mol. The number of benzene rings is 1. The van der Waals surface area contributed by atoms with Gasteiger partial charge in [0.15, 0.2) is 11.0 Å². The van der Waals surface area contributed by atoms with E-state index in [0.717, 1.165) is 29.1 Å². The quantitative estimate of drug-likeness (QED) is 0.851. The number of nitrogens with zero attached hydrogens (tertiary/aromatic N) is 4. The van der Waals surface area contributed by atoms with E-state index < -0.39 is 0 Å². The highest BCUT2D eigenvalue weighted by molar-refractivity contribution is 7.99. The second-order valence-corrected chi connectivity index (χ2v) is 6.13. The van der Waals surface area contributed by atoms with Gasteiger partial charge in [-0.25, -0.2) is 0 Å². The summed E-state index contributed by atoms with van der Waals surface area (Å²) in [6.07, 6.45) is 0. The molecule has 4 nitrogen and oxygen atoms in total. The van der Waals surface area contributed by atoms with Gasteiger partial charge in [0.25, 0.3) is 0 Å². The van der Waals surface area contributed by atoms with Gasteiger partial charge in [-0.1, -0.05) is 35.5 Å². The molecular formula is C13H15ClN4S. The molecule has 1 aromatic carbocycles. The Morgan fingerprint density at radius 3 is 2.79 bits per heavy atom. The van der Waals surface area contributed by atoms with Crippen molar-refractivity contribution in [2.75, 3.05) is 5.88 Å². The Balaban J connectivity index is 2.02. The molecule has 1 aliphatic heterocycles. The highest BCUT2D eigenvalue weighted by Crippen LogP contribution is 2.32. The standard InChI is InChI=1S/C13H15ClN4S/c1-9(2)17-7-18-12(15-16-13(18)19-8-17)10-5-3-4-6-11(10)14/h3-6,9H,7-8H2,1-2H3. The molecule has 0 saturated heterocycles. The molecule has 2 heterocycles. The third kappa shape index (κ3) is 2.38. The van der Waals surface area contributed by atoms with E-state index in [1.807, 2.05) is 24.3 Å². The second kappa shape index (κ2) is 5.15. The minimum atomic E-state index is 0.502. The summed E-state index contributed by atoms with van der Waals surface area (Å²) in [4.78, 5) is 2.38. The number of hydrogen-bond acceptors (Lipinski definition) is 4. The van der Waals surface area contributed by atoms with Crippen LogP contribution in [0.2, 0.25) is 5.02 Å². The zero-order chi connectivity index (χ0) is 13.4. The van der Waals surface area contributed by atoms with Crippen LogP contribution in [0, 0.1) is 0 Å². The fourth-order valence-corrected chi connectivity index (χ4v) is 3.32. The van der Waals surface area contributed by atoms with Gasteiger partial charge in [0.2, 0.25) is 0 Å². The van der Waals surface area contributed by atoms with E-state index in [1.54, 1.807) is 11.8 Å². The van der Waals surface area contributed by atoms with Crippen molar-refractivity contribution in [3.8, 4) is 11.4 Å². The maximum Gasteiger partial charge on any atom is 0.193 e. The van der Waals surface area contributed by atoms with E-state index in [9.17, 15) is 0 Å². The molecule has 0 saturated carbocycles. The van der Waals surface area contributed by atoms with Crippen LogP contribution in [-0.4, -0.2) is 31.6 Å². The molecule has 0 aliphatic carbocycles. The van der Waals surface area contributed by atoms with Gasteiger partial charge in [-0.15, -0.1) is 10.2 Å². The Morgan fingerprint density at radius 1 is 1.26 bits per heavy atom. The summed E-state index contributed by atoms with van der Waals surface area (Å²) in [7, 11) is 0. The van der Waals surface area contributed by atoms with Gasteiger partial charge in [-0.3, -0.25) is 9.47 Å². The molecule has 0 spiro atoms. The number of hydrogen-bond donors (Lipinski definition) is 0. The molecule has 0 atom stereocenters. The van der Waals surface area contributed by atoms with Crippen LogP contribution in [0.1, 0.15) is 13.8 Å². The van der Waals surface area contributed by atoms with Crippen LogP contribution in [0.3, 0.4) is 0 Å². The van der Waals surface area contributed by atoms with E-state index in [-0.39, 0.29) is 0 Å². The first-order valence-electron chi connectivity index (χ1n) is 6.22. The van der Waals surface area contributed by atoms with Gasteiger partial charge in [0.05, 0.1) is 17.6 Å². The van der Waals surface area contributed by atoms with Gasteiger partial charge in [0.1, 0.15) is 0 Å². The molecule has 100 valence electrons. The smallest absolute Gasteiger partial charge is 0.193 e. The molecule has 3 rings (SSSR count). The van der Waals surface area contributed by atoms with Crippen LogP contribution in [-0.2, 0) is 6.67 Å². The summed E-state index contributed by atoms with van der Waals surface area (Å²) in [5.41, 5.74) is 0.939. The van der Waals surface area contributed by atoms with Gasteiger partial charge in [-0.2, -0.15) is 0 Å². The van der Waals surface area contributed by atoms with Crippen LogP contribution in [0.4, 0.5) is 0 Å². The Kier molecular flexibility index (Phi) is 3.52. The summed E-state index contributed by atoms with van der Waals surface area (Å²) in [5, 5.41) is 10.2. The van der Waals surface area contributed by atoms with Gasteiger partial charge in [0, 0.05) is 11.6 Å². The molecule has 6 heteroatoms. The average Bonchev–Trinajstić information content (AvgIpc) is 2.82. The predicted octanol–water partition coefficient (Wildman–Crippen LogP) is 3.33. The van der Waals surface area contributed by atoms with Gasteiger partial charge in [-0.05, 0) is 26.0 Å². The van der Waals surface area contributed by atoms with Gasteiger partial charge >= 0.3 is 0 Å². The van der Waals surface area contributed by atoms with Crippen molar-refractivity contribution in [3.63, 3.8) is 0 Å². The fourth-order valence-electron chi connectivity index (χ4n) is 2.04. The van der Waals surface area contributed by atoms with Crippen LogP contribution < -0.4 is 0 Å². The summed E-state index contributed by atoms with van der Waals surface area (Å²) < 4.78 is 2.13. The van der Waals surface area contributed by atoms with Crippen molar-refractivity contribution < 1.29 is 0 Å². The van der Waals surface area contributed by atoms with Crippen molar-refractivity contribution in [2.45, 2.75) is 31.7 Å². The molecule has 1 aliphatic rings. The molecule has 0 radical (unpaired) electrons. The van der Waals surface area contributed by atoms with E-state index >= 15 is 0 Å². The number of fused-ring (bicyclic) bond motifs is 1. The number of rotatable bonds is 2. The van der Waals surface area contributed by atoms with Crippen LogP contribution in [0.5, 0.6) is 0 Å². The molecule has 1 aromatic heterocycles. The zero-order valence-corrected chi connectivity index (χ0v) is 12.4. The van der Waals surface area contributed by atoms with Crippen molar-refractivity contribution in [1.82, 2.24) is 19.7 Å². The first kappa shape index (κ1) is 13.0. The highest BCUT2D eigenvalue weighted by atomic mass is 35.5. The van der Waals surface area contributed by atoms with Crippen LogP contribution in [0.15, 0.2) is 29.4 Å². The topological polar surface area (TPSA) is 34.0 Å². The summed E-state index contributed by atoms with van der Waals surface area (Å²) in [6, 6.07) is 8.27. The van der Waals surface area contributed by atoms with E-state index in [4.69, 9.17) is 11.6 Å². The first-order chi connectivity index (χ1) is 9.16. The molecule has 0 fully saturated rings. The van der Waals surface area contributed by atoms with E-state index in [2.05, 4.69) is 33.5 Å². The molecule has 0 unspecified atom stereocenters. The summed E-state index contributed by atoms with van der Waals surface area (Å²) in [5.74, 6) is 1.80. The number of thioether (sulfide) groups is 1. The molecule has 2 aromatic rings. The second-order valence-electron chi connectivity index (χ2n) is 4.81. The predicted molar refractivity (Wildman–Crippen MR) is 78.2 cm³/mol. The molecule has 19 heavy (non-hydrogen) atoms. The first-order valence-corrected chi connectivity index (χ1v) is 7.58. The summed E-state index contributed by atoms with van der Waals surface area (Å²) >= 11 is 7.97. The Bertz CT molecular complexity index is 596. The Morgan fingerprint density at radius 2 is 2.05 bits per heavy atom. The van der Waals surface area contributed by atoms with Crippen LogP contribution >= 0.6 is 23.4 Å². The minimum Gasteiger partial charge on any atom is -0.288 e. The highest BCUT2D eigenvalue weighted by Gasteiger charge is 2.24. The minimum absolute atomic E-state index is 0.502. The Hall–Kier alpha value is -1.04. The molecule has 0 N–H and O–H groups in total. The lowest BCUT2D eigenvalue weighted by Crippen LogP contribution is -2.35. The fraction of sp³-hybridized carbons (Fsp3) is 0.385. The van der Waals surface area contributed by atoms with Crippen LogP contribution in [0.25, 0.3) is 11.4 Å². The maximum absolute atomic E-state index is 6.26. The average molecular weight is 295 g/mol. The van der Waals surface area contributed by atoms with Crippen molar-refractivity contribution >= 4 is 23.4 Å². The largest absolute Gasteiger partial charge is 0.288 e. The van der Waals surface area contributed by atoms with Crippen molar-refractivity contribution in [2.24, 2.45) is 0 Å². The third-order valence-corrected chi connectivity index (χ3v) is 4.60. The van der Waals surface area contributed by atoms with Crippen molar-refractivity contribution in [1.29, 1.82) is 0 Å². The third-order valence-electron chi connectivity index (χ3n) is 3.24. The number of aromatic nitrogens is 3. The lowest BCUT2D eigenvalue weighted by atomic mass is 10.2. The molecular weight excluding hydrogens is 280 g/mol.